The second-order valence-corrected chi connectivity index (χ2v) is 8.28. The lowest BCUT2D eigenvalue weighted by Crippen LogP contribution is -2.46. The molecule has 162 valence electrons. The van der Waals surface area contributed by atoms with Crippen molar-refractivity contribution in [3.63, 3.8) is 0 Å². The molecule has 0 aliphatic carbocycles. The van der Waals surface area contributed by atoms with Crippen molar-refractivity contribution in [3.05, 3.63) is 75.7 Å². The van der Waals surface area contributed by atoms with Gasteiger partial charge in [0.1, 0.15) is 12.1 Å². The molecule has 9 nitrogen and oxygen atoms in total. The Balaban J connectivity index is 1.35. The highest BCUT2D eigenvalue weighted by atomic mass is 16.2. The summed E-state index contributed by atoms with van der Waals surface area (Å²) in [7, 11) is 0. The second-order valence-electron chi connectivity index (χ2n) is 8.28. The van der Waals surface area contributed by atoms with E-state index in [4.69, 9.17) is 0 Å². The highest BCUT2D eigenvalue weighted by Crippen LogP contribution is 2.31. The number of aromatic nitrogens is 2. The minimum absolute atomic E-state index is 0.219. The van der Waals surface area contributed by atoms with Gasteiger partial charge in [-0.2, -0.15) is 5.10 Å². The first kappa shape index (κ1) is 19.9. The van der Waals surface area contributed by atoms with Crippen LogP contribution in [-0.4, -0.2) is 50.9 Å². The van der Waals surface area contributed by atoms with Crippen LogP contribution in [0.5, 0.6) is 0 Å². The predicted molar refractivity (Wildman–Crippen MR) is 116 cm³/mol. The van der Waals surface area contributed by atoms with Gasteiger partial charge in [-0.05, 0) is 29.3 Å². The van der Waals surface area contributed by atoms with E-state index in [0.29, 0.717) is 24.1 Å². The Bertz CT molecular complexity index is 1330. The zero-order valence-electron chi connectivity index (χ0n) is 17.4. The van der Waals surface area contributed by atoms with Gasteiger partial charge >= 0.3 is 6.03 Å². The van der Waals surface area contributed by atoms with E-state index in [1.54, 1.807) is 6.92 Å². The smallest absolute Gasteiger partial charge is 0.325 e. The molecule has 2 aliphatic heterocycles. The first-order valence-electron chi connectivity index (χ1n) is 10.3. The number of imide groups is 1. The molecule has 1 unspecified atom stereocenters. The average Bonchev–Trinajstić information content (AvgIpc) is 3.02. The number of H-pyrrole nitrogens is 1. The maximum atomic E-state index is 13.3. The number of carbonyl (C=O) groups is 3. The van der Waals surface area contributed by atoms with Crippen LogP contribution >= 0.6 is 0 Å². The Labute approximate surface area is 183 Å². The number of hydrogen-bond acceptors (Lipinski definition) is 5. The van der Waals surface area contributed by atoms with Crippen LogP contribution in [0.3, 0.4) is 0 Å². The van der Waals surface area contributed by atoms with Gasteiger partial charge in [-0.1, -0.05) is 36.4 Å². The van der Waals surface area contributed by atoms with Crippen LogP contribution in [0.25, 0.3) is 10.8 Å². The molecule has 0 saturated carbocycles. The van der Waals surface area contributed by atoms with Crippen LogP contribution in [0.1, 0.15) is 23.7 Å². The lowest BCUT2D eigenvalue weighted by molar-refractivity contribution is -0.139. The van der Waals surface area contributed by atoms with Crippen LogP contribution in [0.4, 0.5) is 4.79 Å². The summed E-state index contributed by atoms with van der Waals surface area (Å²) in [6.45, 7) is 1.91. The van der Waals surface area contributed by atoms with Gasteiger partial charge in [0, 0.05) is 31.1 Å². The Kier molecular flexibility index (Phi) is 4.54. The van der Waals surface area contributed by atoms with Crippen LogP contribution in [0.15, 0.2) is 53.3 Å². The number of nitrogens with one attached hydrogen (secondary N) is 2. The van der Waals surface area contributed by atoms with Gasteiger partial charge in [0.2, 0.25) is 5.91 Å². The summed E-state index contributed by atoms with van der Waals surface area (Å²) < 4.78 is 0. The first-order valence-corrected chi connectivity index (χ1v) is 10.3. The molecule has 1 fully saturated rings. The molecule has 4 amide bonds. The largest absolute Gasteiger partial charge is 0.336 e. The van der Waals surface area contributed by atoms with Gasteiger partial charge in [0.25, 0.3) is 11.5 Å². The molecular weight excluding hydrogens is 410 g/mol. The number of benzene rings is 2. The molecule has 9 heteroatoms. The number of carbonyl (C=O) groups excluding carboxylic acids is 3. The maximum absolute atomic E-state index is 13.3. The van der Waals surface area contributed by atoms with E-state index in [-0.39, 0.29) is 24.6 Å². The third-order valence-electron chi connectivity index (χ3n) is 6.20. The van der Waals surface area contributed by atoms with Crippen LogP contribution < -0.4 is 10.9 Å². The fourth-order valence-corrected chi connectivity index (χ4v) is 4.33. The standard InChI is InChI=1S/C23H21N5O4/c1-23(17-7-6-14-4-2-3-5-15(14)10-17)21(31)28(22(32)24-23)13-20(30)27-9-8-18-16(12-27)11-19(29)26-25-18/h2-7,10-11H,8-9,12-13H2,1H3,(H,24,32)(H,26,29). The molecule has 2 N–H and O–H groups in total. The second kappa shape index (κ2) is 7.30. The topological polar surface area (TPSA) is 115 Å². The van der Waals surface area contributed by atoms with E-state index in [1.807, 2.05) is 42.5 Å². The van der Waals surface area contributed by atoms with E-state index < -0.39 is 17.5 Å². The number of nitrogens with zero attached hydrogens (tertiary/aromatic N) is 3. The molecule has 1 saturated heterocycles. The Morgan fingerprint density at radius 2 is 1.88 bits per heavy atom. The van der Waals surface area contributed by atoms with Gasteiger partial charge in [-0.3, -0.25) is 19.3 Å². The van der Waals surface area contributed by atoms with Crippen molar-refractivity contribution >= 4 is 28.6 Å². The van der Waals surface area contributed by atoms with Crippen molar-refractivity contribution in [2.45, 2.75) is 25.4 Å². The molecular formula is C23H21N5O4. The maximum Gasteiger partial charge on any atom is 0.325 e. The summed E-state index contributed by atoms with van der Waals surface area (Å²) in [6.07, 6.45) is 0.493. The highest BCUT2D eigenvalue weighted by molar-refractivity contribution is 6.09. The Hall–Kier alpha value is -4.01. The fraction of sp³-hybridized carbons (Fsp3) is 0.261. The van der Waals surface area contributed by atoms with Gasteiger partial charge in [-0.15, -0.1) is 0 Å². The molecule has 32 heavy (non-hydrogen) atoms. The Morgan fingerprint density at radius 1 is 1.09 bits per heavy atom. The average molecular weight is 431 g/mol. The van der Waals surface area contributed by atoms with Crippen LogP contribution in [0, 0.1) is 0 Å². The molecule has 2 aromatic carbocycles. The fourth-order valence-electron chi connectivity index (χ4n) is 4.33. The molecule has 3 aromatic rings. The molecule has 3 heterocycles. The molecule has 0 spiro atoms. The van der Waals surface area contributed by atoms with Crippen molar-refractivity contribution in [1.29, 1.82) is 0 Å². The quantitative estimate of drug-likeness (QED) is 0.606. The molecule has 1 aromatic heterocycles. The van der Waals surface area contributed by atoms with E-state index in [9.17, 15) is 19.2 Å². The molecule has 0 radical (unpaired) electrons. The van der Waals surface area contributed by atoms with E-state index in [2.05, 4.69) is 15.5 Å². The number of aromatic amines is 1. The van der Waals surface area contributed by atoms with E-state index in [1.165, 1.54) is 11.0 Å². The van der Waals surface area contributed by atoms with Crippen molar-refractivity contribution in [2.24, 2.45) is 0 Å². The lowest BCUT2D eigenvalue weighted by atomic mass is 9.90. The Morgan fingerprint density at radius 3 is 2.69 bits per heavy atom. The summed E-state index contributed by atoms with van der Waals surface area (Å²) in [6, 6.07) is 14.2. The van der Waals surface area contributed by atoms with Gasteiger partial charge in [0.15, 0.2) is 0 Å². The predicted octanol–water partition coefficient (Wildman–Crippen LogP) is 1.27. The first-order chi connectivity index (χ1) is 15.3. The highest BCUT2D eigenvalue weighted by Gasteiger charge is 2.49. The lowest BCUT2D eigenvalue weighted by Gasteiger charge is -2.29. The summed E-state index contributed by atoms with van der Waals surface area (Å²) >= 11 is 0. The molecule has 0 bridgehead atoms. The van der Waals surface area contributed by atoms with Crippen molar-refractivity contribution in [1.82, 2.24) is 25.3 Å². The zero-order chi connectivity index (χ0) is 22.5. The van der Waals surface area contributed by atoms with Gasteiger partial charge in [0.05, 0.1) is 5.69 Å². The van der Waals surface area contributed by atoms with E-state index >= 15 is 0 Å². The third-order valence-corrected chi connectivity index (χ3v) is 6.20. The number of fused-ring (bicyclic) bond motifs is 2. The minimum Gasteiger partial charge on any atom is -0.336 e. The summed E-state index contributed by atoms with van der Waals surface area (Å²) in [5, 5.41) is 11.1. The number of hydrogen-bond donors (Lipinski definition) is 2. The van der Waals surface area contributed by atoms with Crippen LogP contribution in [0.2, 0.25) is 0 Å². The van der Waals surface area contributed by atoms with Crippen molar-refractivity contribution < 1.29 is 14.4 Å². The van der Waals surface area contributed by atoms with E-state index in [0.717, 1.165) is 21.4 Å². The number of rotatable bonds is 3. The normalized spacial score (nSPS) is 20.4. The van der Waals surface area contributed by atoms with Crippen molar-refractivity contribution in [3.8, 4) is 0 Å². The van der Waals surface area contributed by atoms with Crippen LogP contribution in [-0.2, 0) is 28.1 Å². The van der Waals surface area contributed by atoms with Gasteiger partial charge < -0.3 is 10.2 Å². The number of urea groups is 1. The monoisotopic (exact) mass is 431 g/mol. The van der Waals surface area contributed by atoms with Crippen molar-refractivity contribution in [2.75, 3.05) is 13.1 Å². The third kappa shape index (κ3) is 3.22. The summed E-state index contributed by atoms with van der Waals surface area (Å²) in [5.41, 5.74) is 0.478. The minimum atomic E-state index is -1.26. The SMILES string of the molecule is CC1(c2ccc3ccccc3c2)NC(=O)N(CC(=O)N2CCc3n[nH]c(=O)cc3C2)C1=O. The zero-order valence-corrected chi connectivity index (χ0v) is 17.4. The van der Waals surface area contributed by atoms with Gasteiger partial charge in [-0.25, -0.2) is 9.89 Å². The molecule has 5 rings (SSSR count). The number of amides is 4. The summed E-state index contributed by atoms with van der Waals surface area (Å²) in [5.74, 6) is -0.830. The molecule has 1 atom stereocenters. The summed E-state index contributed by atoms with van der Waals surface area (Å²) in [4.78, 5) is 52.9. The molecule has 2 aliphatic rings.